The molecule has 7 nitrogen and oxygen atoms in total. The van der Waals surface area contributed by atoms with Crippen molar-refractivity contribution in [3.63, 3.8) is 0 Å². The van der Waals surface area contributed by atoms with Crippen LogP contribution < -0.4 is 9.62 Å². The normalized spacial score (nSPS) is 15.6. The van der Waals surface area contributed by atoms with Crippen molar-refractivity contribution in [2.24, 2.45) is 0 Å². The zero-order chi connectivity index (χ0) is 21.9. The van der Waals surface area contributed by atoms with Crippen molar-refractivity contribution in [3.8, 4) is 11.1 Å². The number of piperazine rings is 1. The van der Waals surface area contributed by atoms with Gasteiger partial charge in [-0.2, -0.15) is 0 Å². The molecule has 0 radical (unpaired) electrons. The van der Waals surface area contributed by atoms with Crippen molar-refractivity contribution in [1.29, 1.82) is 0 Å². The van der Waals surface area contributed by atoms with Crippen molar-refractivity contribution >= 4 is 33.5 Å². The molecular formula is C24H24N6OS. The number of anilines is 2. The number of aromatic nitrogens is 3. The highest BCUT2D eigenvalue weighted by molar-refractivity contribution is 7.86. The lowest BCUT2D eigenvalue weighted by atomic mass is 10.1. The molecule has 2 aromatic heterocycles. The van der Waals surface area contributed by atoms with Gasteiger partial charge in [0, 0.05) is 37.9 Å². The number of hydrogen-bond donors (Lipinski definition) is 1. The fraction of sp³-hybridized carbons (Fsp3) is 0.208. The second-order valence-electron chi connectivity index (χ2n) is 7.87. The molecule has 0 bridgehead atoms. The van der Waals surface area contributed by atoms with Crippen molar-refractivity contribution in [2.75, 3.05) is 42.8 Å². The first kappa shape index (κ1) is 20.5. The van der Waals surface area contributed by atoms with E-state index in [-0.39, 0.29) is 0 Å². The van der Waals surface area contributed by atoms with Gasteiger partial charge < -0.3 is 9.80 Å². The number of rotatable bonds is 5. The van der Waals surface area contributed by atoms with Crippen LogP contribution in [0.5, 0.6) is 0 Å². The minimum Gasteiger partial charge on any atom is -0.353 e. The summed E-state index contributed by atoms with van der Waals surface area (Å²) < 4.78 is 15.6. The van der Waals surface area contributed by atoms with Gasteiger partial charge in [-0.1, -0.05) is 24.3 Å². The fourth-order valence-electron chi connectivity index (χ4n) is 3.73. The van der Waals surface area contributed by atoms with Gasteiger partial charge >= 0.3 is 0 Å². The van der Waals surface area contributed by atoms with E-state index < -0.39 is 11.0 Å². The van der Waals surface area contributed by atoms with Gasteiger partial charge in [0.2, 0.25) is 0 Å². The predicted molar refractivity (Wildman–Crippen MR) is 129 cm³/mol. The van der Waals surface area contributed by atoms with Gasteiger partial charge in [0.05, 0.1) is 34.0 Å². The van der Waals surface area contributed by atoms with E-state index in [1.54, 1.807) is 12.4 Å². The first-order valence-electron chi connectivity index (χ1n) is 10.5. The average Bonchev–Trinajstić information content (AvgIpc) is 2.84. The van der Waals surface area contributed by atoms with E-state index in [9.17, 15) is 4.21 Å². The van der Waals surface area contributed by atoms with E-state index in [2.05, 4.69) is 31.5 Å². The summed E-state index contributed by atoms with van der Waals surface area (Å²) in [4.78, 5) is 19.2. The van der Waals surface area contributed by atoms with Crippen LogP contribution in [-0.4, -0.2) is 57.3 Å². The van der Waals surface area contributed by atoms with Gasteiger partial charge in [-0.05, 0) is 42.9 Å². The third-order valence-electron chi connectivity index (χ3n) is 5.60. The number of nitrogens with zero attached hydrogens (tertiary/aromatic N) is 5. The molecule has 5 rings (SSSR count). The molecule has 32 heavy (non-hydrogen) atoms. The van der Waals surface area contributed by atoms with Gasteiger partial charge in [0.15, 0.2) is 0 Å². The molecule has 1 N–H and O–H groups in total. The Kier molecular flexibility index (Phi) is 5.79. The maximum absolute atomic E-state index is 12.6. The standard InChI is InChI=1S/C24H24N6OS/c1-29-9-11-30(12-10-29)24-17-26-22-8-7-18(14-23(22)27-24)19-13-20(16-25-15-19)28-32(31)21-5-3-2-4-6-21/h2-8,13-17,28H,9-12H2,1H3. The smallest absolute Gasteiger partial charge is 0.150 e. The third kappa shape index (κ3) is 4.46. The Balaban J connectivity index is 1.40. The van der Waals surface area contributed by atoms with Crippen molar-refractivity contribution in [1.82, 2.24) is 19.9 Å². The molecule has 1 fully saturated rings. The van der Waals surface area contributed by atoms with Crippen LogP contribution in [0.1, 0.15) is 0 Å². The fourth-order valence-corrected chi connectivity index (χ4v) is 4.58. The first-order valence-corrected chi connectivity index (χ1v) is 11.7. The van der Waals surface area contributed by atoms with Crippen LogP contribution in [0.3, 0.4) is 0 Å². The number of pyridine rings is 1. The van der Waals surface area contributed by atoms with Crippen molar-refractivity contribution in [3.05, 3.63) is 73.2 Å². The quantitative estimate of drug-likeness (QED) is 0.507. The Labute approximate surface area is 189 Å². The van der Waals surface area contributed by atoms with Crippen LogP contribution in [0.2, 0.25) is 0 Å². The monoisotopic (exact) mass is 444 g/mol. The maximum atomic E-state index is 12.6. The first-order chi connectivity index (χ1) is 15.7. The van der Waals surface area contributed by atoms with Gasteiger partial charge in [0.25, 0.3) is 0 Å². The minimum absolute atomic E-state index is 0.696. The molecule has 1 atom stereocenters. The number of hydrogen-bond acceptors (Lipinski definition) is 6. The summed E-state index contributed by atoms with van der Waals surface area (Å²) in [6.45, 7) is 3.95. The summed E-state index contributed by atoms with van der Waals surface area (Å²) in [6, 6.07) is 17.3. The lowest BCUT2D eigenvalue weighted by molar-refractivity contribution is 0.312. The molecule has 8 heteroatoms. The van der Waals surface area contributed by atoms with E-state index >= 15 is 0 Å². The molecule has 2 aromatic carbocycles. The number of benzene rings is 2. The predicted octanol–water partition coefficient (Wildman–Crippen LogP) is 3.58. The van der Waals surface area contributed by atoms with E-state index in [1.807, 2.05) is 60.8 Å². The molecule has 0 aliphatic carbocycles. The van der Waals surface area contributed by atoms with Crippen LogP contribution >= 0.6 is 0 Å². The summed E-state index contributed by atoms with van der Waals surface area (Å²) in [7, 11) is 0.790. The van der Waals surface area contributed by atoms with E-state index in [0.717, 1.165) is 59.1 Å². The van der Waals surface area contributed by atoms with Crippen LogP contribution in [0.25, 0.3) is 22.2 Å². The highest BCUT2D eigenvalue weighted by Gasteiger charge is 2.16. The van der Waals surface area contributed by atoms with Crippen molar-refractivity contribution < 1.29 is 4.21 Å². The lowest BCUT2D eigenvalue weighted by Crippen LogP contribution is -2.44. The Bertz CT molecular complexity index is 1260. The molecule has 3 heterocycles. The topological polar surface area (TPSA) is 74.2 Å². The highest BCUT2D eigenvalue weighted by Crippen LogP contribution is 2.26. The van der Waals surface area contributed by atoms with Crippen LogP contribution in [0.15, 0.2) is 78.1 Å². The molecule has 1 unspecified atom stereocenters. The molecular weight excluding hydrogens is 420 g/mol. The summed E-state index contributed by atoms with van der Waals surface area (Å²) in [5.74, 6) is 0.912. The molecule has 162 valence electrons. The minimum atomic E-state index is -1.35. The zero-order valence-electron chi connectivity index (χ0n) is 17.8. The summed E-state index contributed by atoms with van der Waals surface area (Å²) >= 11 is 0. The summed E-state index contributed by atoms with van der Waals surface area (Å²) in [6.07, 6.45) is 5.34. The van der Waals surface area contributed by atoms with Crippen LogP contribution in [0.4, 0.5) is 11.5 Å². The number of likely N-dealkylation sites (N-methyl/N-ethyl adjacent to an activating group) is 1. The molecule has 0 saturated carbocycles. The molecule has 1 aliphatic rings. The highest BCUT2D eigenvalue weighted by atomic mass is 32.2. The largest absolute Gasteiger partial charge is 0.353 e. The zero-order valence-corrected chi connectivity index (χ0v) is 18.6. The second-order valence-corrected chi connectivity index (χ2v) is 9.08. The Morgan fingerprint density at radius 1 is 0.875 bits per heavy atom. The van der Waals surface area contributed by atoms with E-state index in [0.29, 0.717) is 5.69 Å². The van der Waals surface area contributed by atoms with Crippen LogP contribution in [0, 0.1) is 0 Å². The lowest BCUT2D eigenvalue weighted by Gasteiger charge is -2.33. The molecule has 1 saturated heterocycles. The molecule has 4 aromatic rings. The average molecular weight is 445 g/mol. The molecule has 0 spiro atoms. The van der Waals surface area contributed by atoms with E-state index in [1.165, 1.54) is 0 Å². The Hall–Kier alpha value is -3.36. The molecule has 0 amide bonds. The number of fused-ring (bicyclic) bond motifs is 1. The Morgan fingerprint density at radius 3 is 2.50 bits per heavy atom. The van der Waals surface area contributed by atoms with Gasteiger partial charge in [-0.25, -0.2) is 9.19 Å². The maximum Gasteiger partial charge on any atom is 0.150 e. The second kappa shape index (κ2) is 9.02. The summed E-state index contributed by atoms with van der Waals surface area (Å²) in [5.41, 5.74) is 4.32. The third-order valence-corrected chi connectivity index (χ3v) is 6.72. The summed E-state index contributed by atoms with van der Waals surface area (Å²) in [5, 5.41) is 0. The Morgan fingerprint density at radius 2 is 1.69 bits per heavy atom. The van der Waals surface area contributed by atoms with Crippen LogP contribution in [-0.2, 0) is 11.0 Å². The van der Waals surface area contributed by atoms with E-state index in [4.69, 9.17) is 4.98 Å². The van der Waals surface area contributed by atoms with Gasteiger partial charge in [-0.3, -0.25) is 14.7 Å². The van der Waals surface area contributed by atoms with Crippen molar-refractivity contribution in [2.45, 2.75) is 4.90 Å². The SMILES string of the molecule is CN1CCN(c2cnc3ccc(-c4cncc(NS(=O)c5ccccc5)c4)cc3n2)CC1. The van der Waals surface area contributed by atoms with Gasteiger partial charge in [0.1, 0.15) is 16.8 Å². The molecule has 1 aliphatic heterocycles. The number of nitrogens with one attached hydrogen (secondary N) is 1. The van der Waals surface area contributed by atoms with Gasteiger partial charge in [-0.15, -0.1) is 0 Å².